The van der Waals surface area contributed by atoms with Gasteiger partial charge in [-0.3, -0.25) is 0 Å². The normalized spacial score (nSPS) is 13.4. The van der Waals surface area contributed by atoms with E-state index in [4.69, 9.17) is 0 Å². The maximum atomic E-state index is 2.52. The quantitative estimate of drug-likeness (QED) is 0.105. The molecule has 400 valence electrons. The Bertz CT molecular complexity index is 4030. The zero-order chi connectivity index (χ0) is 57.0. The monoisotopic (exact) mass is 1050 g/mol. The van der Waals surface area contributed by atoms with Crippen LogP contribution in [0.5, 0.6) is 0 Å². The molecule has 0 saturated carbocycles. The van der Waals surface area contributed by atoms with Gasteiger partial charge in [0.15, 0.2) is 0 Å². The van der Waals surface area contributed by atoms with Crippen molar-refractivity contribution in [2.45, 2.75) is 124 Å². The van der Waals surface area contributed by atoms with Gasteiger partial charge in [-0.1, -0.05) is 330 Å². The lowest BCUT2D eigenvalue weighted by atomic mass is 9.36. The standard InChI is InChI=1S/C79H78B2/c1-75(2,3)54-27-39-60(40-28-54)80(61-41-29-55(30-42-61)76(4,5)6)58-35-22-51(23-36-58)53-26-47-66-71-50-69-65-19-16-15-18-64(65)68(49-70(69)67-20-17-21-72(74(67)71)79(13,14)73(66)48-53)52-24-37-59(38-25-52)81(62-43-31-56(32-44-62)77(7,8)9)63-45-33-57(34-46-63)78(10,11)12/h15-50H,1-14H3. The molecule has 0 bridgehead atoms. The lowest BCUT2D eigenvalue weighted by molar-refractivity contribution is 0.590. The van der Waals surface area contributed by atoms with Crippen LogP contribution in [-0.4, -0.2) is 13.4 Å². The third-order valence-corrected chi connectivity index (χ3v) is 18.2. The lowest BCUT2D eigenvalue weighted by Crippen LogP contribution is -2.52. The Balaban J connectivity index is 0.923. The molecule has 0 N–H and O–H groups in total. The van der Waals surface area contributed by atoms with Crippen LogP contribution in [0, 0.1) is 0 Å². The Morgan fingerprint density at radius 3 is 1.02 bits per heavy atom. The maximum Gasteiger partial charge on any atom is 0.241 e. The van der Waals surface area contributed by atoms with E-state index in [1.165, 1.54) is 132 Å². The van der Waals surface area contributed by atoms with Crippen molar-refractivity contribution in [3.05, 3.63) is 252 Å². The smallest absolute Gasteiger partial charge is 0.0686 e. The first-order valence-corrected chi connectivity index (χ1v) is 29.6. The first-order chi connectivity index (χ1) is 38.4. The topological polar surface area (TPSA) is 0 Å². The molecular formula is C79H78B2. The average Bonchev–Trinajstić information content (AvgIpc) is 2.13. The van der Waals surface area contributed by atoms with E-state index in [1.807, 2.05) is 0 Å². The van der Waals surface area contributed by atoms with E-state index < -0.39 is 0 Å². The van der Waals surface area contributed by atoms with Crippen molar-refractivity contribution in [2.24, 2.45) is 0 Å². The van der Waals surface area contributed by atoms with Crippen molar-refractivity contribution >= 4 is 78.5 Å². The van der Waals surface area contributed by atoms with E-state index in [2.05, 4.69) is 315 Å². The molecule has 0 atom stereocenters. The Hall–Kier alpha value is -7.67. The minimum absolute atomic E-state index is 0.0882. The van der Waals surface area contributed by atoms with Crippen molar-refractivity contribution < 1.29 is 0 Å². The third kappa shape index (κ3) is 9.88. The van der Waals surface area contributed by atoms with Crippen LogP contribution in [-0.2, 0) is 27.1 Å². The highest BCUT2D eigenvalue weighted by Crippen LogP contribution is 2.52. The summed E-state index contributed by atoms with van der Waals surface area (Å²) in [5.74, 6) is 0. The number of fused-ring (bicyclic) bond motifs is 6. The van der Waals surface area contributed by atoms with Gasteiger partial charge in [0, 0.05) is 5.41 Å². The summed E-state index contributed by atoms with van der Waals surface area (Å²) >= 11 is 0. The van der Waals surface area contributed by atoms with Crippen LogP contribution in [0.3, 0.4) is 0 Å². The molecular weight excluding hydrogens is 970 g/mol. The van der Waals surface area contributed by atoms with Gasteiger partial charge in [0.1, 0.15) is 0 Å². The van der Waals surface area contributed by atoms with E-state index in [9.17, 15) is 0 Å². The molecule has 0 amide bonds. The van der Waals surface area contributed by atoms with Gasteiger partial charge < -0.3 is 0 Å². The van der Waals surface area contributed by atoms with Gasteiger partial charge in [0.25, 0.3) is 0 Å². The highest BCUT2D eigenvalue weighted by Gasteiger charge is 2.35. The van der Waals surface area contributed by atoms with E-state index in [0.717, 1.165) is 0 Å². The Kier molecular flexibility index (Phi) is 13.2. The van der Waals surface area contributed by atoms with Gasteiger partial charge in [-0.05, 0) is 139 Å². The van der Waals surface area contributed by atoms with Crippen LogP contribution >= 0.6 is 0 Å². The predicted octanol–water partition coefficient (Wildman–Crippen LogP) is 17.0. The summed E-state index contributed by atoms with van der Waals surface area (Å²) in [5, 5.41) is 7.83. The Morgan fingerprint density at radius 2 is 0.605 bits per heavy atom. The molecule has 0 fully saturated rings. The second-order valence-electron chi connectivity index (χ2n) is 28.2. The SMILES string of the molecule is CC(C)(C)c1ccc(B(c2ccc(-c3ccc4c(c3)C(C)(C)c3cccc5c3c-4cc3c4ccccc4c(-c4ccc(B(c6ccc(C(C)(C)C)cc6)c6ccc(C(C)(C)C)cc6)cc4)cc53)cc2)c2ccc(C(C)(C)C)cc2)cc1. The summed E-state index contributed by atoms with van der Waals surface area (Å²) in [5.41, 5.74) is 23.7. The summed E-state index contributed by atoms with van der Waals surface area (Å²) in [7, 11) is 0. The van der Waals surface area contributed by atoms with E-state index in [1.54, 1.807) is 0 Å². The minimum atomic E-state index is -0.235. The molecule has 1 aliphatic carbocycles. The van der Waals surface area contributed by atoms with Gasteiger partial charge in [-0.2, -0.15) is 0 Å². The number of benzene rings is 11. The number of hydrogen-bond acceptors (Lipinski definition) is 0. The minimum Gasteiger partial charge on any atom is -0.0686 e. The lowest BCUT2D eigenvalue weighted by Gasteiger charge is -2.36. The van der Waals surface area contributed by atoms with Crippen molar-refractivity contribution in [1.82, 2.24) is 0 Å². The zero-order valence-corrected chi connectivity index (χ0v) is 50.4. The first-order valence-electron chi connectivity index (χ1n) is 29.6. The zero-order valence-electron chi connectivity index (χ0n) is 50.4. The average molecular weight is 1050 g/mol. The Labute approximate surface area is 484 Å². The fourth-order valence-corrected chi connectivity index (χ4v) is 13.2. The van der Waals surface area contributed by atoms with Crippen molar-refractivity contribution in [3.8, 4) is 33.4 Å². The summed E-state index contributed by atoms with van der Waals surface area (Å²) in [6.45, 7) is 32.6. The fraction of sp³-hybridized carbons (Fsp3) is 0.241. The molecule has 0 aromatic heterocycles. The van der Waals surface area contributed by atoms with Crippen LogP contribution < -0.4 is 32.8 Å². The molecule has 12 rings (SSSR count). The van der Waals surface area contributed by atoms with E-state index in [0.29, 0.717) is 0 Å². The first kappa shape index (κ1) is 53.9. The van der Waals surface area contributed by atoms with Gasteiger partial charge in [-0.15, -0.1) is 0 Å². The number of rotatable bonds is 8. The summed E-state index contributed by atoms with van der Waals surface area (Å²) in [4.78, 5) is 0. The second-order valence-corrected chi connectivity index (χ2v) is 28.2. The fourth-order valence-electron chi connectivity index (χ4n) is 13.2. The van der Waals surface area contributed by atoms with E-state index >= 15 is 0 Å². The van der Waals surface area contributed by atoms with Crippen molar-refractivity contribution in [2.75, 3.05) is 0 Å². The molecule has 0 saturated heterocycles. The van der Waals surface area contributed by atoms with Gasteiger partial charge >= 0.3 is 0 Å². The second kappa shape index (κ2) is 19.8. The van der Waals surface area contributed by atoms with Gasteiger partial charge in [0.05, 0.1) is 0 Å². The Morgan fingerprint density at radius 1 is 0.259 bits per heavy atom. The highest BCUT2D eigenvalue weighted by molar-refractivity contribution is 6.96. The molecule has 11 aromatic rings. The third-order valence-electron chi connectivity index (χ3n) is 18.2. The summed E-state index contributed by atoms with van der Waals surface area (Å²) < 4.78 is 0. The summed E-state index contributed by atoms with van der Waals surface area (Å²) in [6.07, 6.45) is 0. The van der Waals surface area contributed by atoms with Crippen LogP contribution in [0.4, 0.5) is 0 Å². The van der Waals surface area contributed by atoms with Crippen LogP contribution in [0.25, 0.3) is 65.7 Å². The van der Waals surface area contributed by atoms with Gasteiger partial charge in [0.2, 0.25) is 13.4 Å². The van der Waals surface area contributed by atoms with Crippen LogP contribution in [0.15, 0.2) is 218 Å². The maximum absolute atomic E-state index is 2.52. The molecule has 0 unspecified atom stereocenters. The molecule has 2 heteroatoms. The number of hydrogen-bond donors (Lipinski definition) is 0. The highest BCUT2D eigenvalue weighted by atomic mass is 14.4. The molecule has 0 aliphatic heterocycles. The molecule has 0 heterocycles. The largest absolute Gasteiger partial charge is 0.241 e. The van der Waals surface area contributed by atoms with Crippen molar-refractivity contribution in [1.29, 1.82) is 0 Å². The molecule has 81 heavy (non-hydrogen) atoms. The molecule has 1 aliphatic rings. The summed E-state index contributed by atoms with van der Waals surface area (Å²) in [6, 6.07) is 84.7. The molecule has 11 aromatic carbocycles. The van der Waals surface area contributed by atoms with E-state index in [-0.39, 0.29) is 40.5 Å². The molecule has 0 spiro atoms. The van der Waals surface area contributed by atoms with Crippen LogP contribution in [0.2, 0.25) is 0 Å². The molecule has 0 radical (unpaired) electrons. The predicted molar refractivity (Wildman–Crippen MR) is 357 cm³/mol. The van der Waals surface area contributed by atoms with Crippen LogP contribution in [0.1, 0.15) is 130 Å². The van der Waals surface area contributed by atoms with Crippen molar-refractivity contribution in [3.63, 3.8) is 0 Å². The van der Waals surface area contributed by atoms with Gasteiger partial charge in [-0.25, -0.2) is 0 Å². The molecule has 0 nitrogen and oxygen atoms in total.